The molecular formula is C22H22F2N4O3. The van der Waals surface area contributed by atoms with Crippen LogP contribution in [0.15, 0.2) is 53.1 Å². The highest BCUT2D eigenvalue weighted by molar-refractivity contribution is 5.89. The van der Waals surface area contributed by atoms with Crippen LogP contribution < -0.4 is 5.32 Å². The molecule has 162 valence electrons. The SMILES string of the molecule is O=C(Nc1ccccc1F)N1CCCCC1c1noc(COCc2ccc(F)cc2)n1. The molecular weight excluding hydrogens is 406 g/mol. The Kier molecular flexibility index (Phi) is 6.51. The zero-order valence-corrected chi connectivity index (χ0v) is 16.8. The van der Waals surface area contributed by atoms with Gasteiger partial charge in [-0.05, 0) is 49.1 Å². The van der Waals surface area contributed by atoms with Crippen LogP contribution in [-0.4, -0.2) is 27.6 Å². The Morgan fingerprint density at radius 2 is 1.94 bits per heavy atom. The van der Waals surface area contributed by atoms with Gasteiger partial charge in [0.1, 0.15) is 18.2 Å². The summed E-state index contributed by atoms with van der Waals surface area (Å²) < 4.78 is 37.7. The first-order valence-corrected chi connectivity index (χ1v) is 10.1. The van der Waals surface area contributed by atoms with E-state index in [9.17, 15) is 13.6 Å². The molecule has 1 fully saturated rings. The summed E-state index contributed by atoms with van der Waals surface area (Å²) in [5.41, 5.74) is 0.948. The van der Waals surface area contributed by atoms with E-state index in [1.807, 2.05) is 0 Å². The monoisotopic (exact) mass is 428 g/mol. The lowest BCUT2D eigenvalue weighted by Crippen LogP contribution is -2.41. The standard InChI is InChI=1S/C22H22F2N4O3/c23-16-10-8-15(9-11-16)13-30-14-20-26-21(27-31-20)19-7-3-4-12-28(19)22(29)25-18-6-2-1-5-17(18)24/h1-2,5-6,8-11,19H,3-4,7,12-14H2,(H,25,29). The Morgan fingerprint density at radius 3 is 2.74 bits per heavy atom. The number of carbonyl (C=O) groups is 1. The number of rotatable bonds is 6. The predicted octanol–water partition coefficient (Wildman–Crippen LogP) is 4.82. The van der Waals surface area contributed by atoms with Crippen LogP contribution in [0.3, 0.4) is 0 Å². The van der Waals surface area contributed by atoms with Crippen molar-refractivity contribution in [3.63, 3.8) is 0 Å². The molecule has 1 saturated heterocycles. The summed E-state index contributed by atoms with van der Waals surface area (Å²) in [7, 11) is 0. The van der Waals surface area contributed by atoms with Crippen molar-refractivity contribution in [2.75, 3.05) is 11.9 Å². The van der Waals surface area contributed by atoms with Crippen molar-refractivity contribution in [1.29, 1.82) is 0 Å². The third-order valence-electron chi connectivity index (χ3n) is 5.07. The number of likely N-dealkylation sites (tertiary alicyclic amines) is 1. The first kappa shape index (κ1) is 20.9. The second kappa shape index (κ2) is 9.65. The van der Waals surface area contributed by atoms with Crippen molar-refractivity contribution in [3.8, 4) is 0 Å². The van der Waals surface area contributed by atoms with Gasteiger partial charge in [0.2, 0.25) is 0 Å². The molecule has 1 aromatic heterocycles. The summed E-state index contributed by atoms with van der Waals surface area (Å²) in [5, 5.41) is 6.64. The van der Waals surface area contributed by atoms with Crippen LogP contribution in [0.2, 0.25) is 0 Å². The zero-order chi connectivity index (χ0) is 21.6. The van der Waals surface area contributed by atoms with Crippen LogP contribution >= 0.6 is 0 Å². The smallest absolute Gasteiger partial charge is 0.322 e. The topological polar surface area (TPSA) is 80.5 Å². The molecule has 0 spiro atoms. The van der Waals surface area contributed by atoms with E-state index in [0.29, 0.717) is 18.8 Å². The lowest BCUT2D eigenvalue weighted by molar-refractivity contribution is 0.0850. The van der Waals surface area contributed by atoms with Crippen LogP contribution in [0.1, 0.15) is 42.6 Å². The normalized spacial score (nSPS) is 16.3. The molecule has 0 radical (unpaired) electrons. The molecule has 3 aromatic rings. The van der Waals surface area contributed by atoms with E-state index in [-0.39, 0.29) is 36.7 Å². The lowest BCUT2D eigenvalue weighted by Gasteiger charge is -2.33. The Bertz CT molecular complexity index is 1030. The minimum atomic E-state index is -0.496. The van der Waals surface area contributed by atoms with Crippen molar-refractivity contribution in [3.05, 3.63) is 77.4 Å². The molecule has 7 nitrogen and oxygen atoms in total. The van der Waals surface area contributed by atoms with E-state index in [1.165, 1.54) is 24.3 Å². The fraction of sp³-hybridized carbons (Fsp3) is 0.318. The Labute approximate surface area is 178 Å². The summed E-state index contributed by atoms with van der Waals surface area (Å²) in [6, 6.07) is 11.3. The Hall–Kier alpha value is -3.33. The van der Waals surface area contributed by atoms with Crippen molar-refractivity contribution in [2.24, 2.45) is 0 Å². The van der Waals surface area contributed by atoms with Gasteiger partial charge in [-0.1, -0.05) is 29.4 Å². The third kappa shape index (κ3) is 5.24. The van der Waals surface area contributed by atoms with E-state index >= 15 is 0 Å². The summed E-state index contributed by atoms with van der Waals surface area (Å²) >= 11 is 0. The molecule has 4 rings (SSSR count). The fourth-order valence-electron chi connectivity index (χ4n) is 3.49. The average Bonchev–Trinajstić information content (AvgIpc) is 3.25. The number of para-hydroxylation sites is 1. The molecule has 2 aromatic carbocycles. The molecule has 2 heterocycles. The number of urea groups is 1. The molecule has 0 saturated carbocycles. The first-order chi connectivity index (χ1) is 15.1. The summed E-state index contributed by atoms with van der Waals surface area (Å²) in [4.78, 5) is 18.8. The summed E-state index contributed by atoms with van der Waals surface area (Å²) in [5.74, 6) is -0.119. The number of nitrogens with zero attached hydrogens (tertiary/aromatic N) is 3. The molecule has 1 unspecified atom stereocenters. The maximum atomic E-state index is 13.9. The van der Waals surface area contributed by atoms with E-state index in [1.54, 1.807) is 29.2 Å². The molecule has 1 N–H and O–H groups in total. The van der Waals surface area contributed by atoms with Crippen molar-refractivity contribution < 1.29 is 22.8 Å². The molecule has 31 heavy (non-hydrogen) atoms. The van der Waals surface area contributed by atoms with Gasteiger partial charge in [0, 0.05) is 6.54 Å². The van der Waals surface area contributed by atoms with Gasteiger partial charge in [-0.25, -0.2) is 13.6 Å². The fourth-order valence-corrected chi connectivity index (χ4v) is 3.49. The Balaban J connectivity index is 1.38. The van der Waals surface area contributed by atoms with E-state index in [0.717, 1.165) is 18.4 Å². The highest BCUT2D eigenvalue weighted by Gasteiger charge is 2.32. The van der Waals surface area contributed by atoms with Crippen LogP contribution in [0.5, 0.6) is 0 Å². The van der Waals surface area contributed by atoms with E-state index in [4.69, 9.17) is 9.26 Å². The van der Waals surface area contributed by atoms with E-state index < -0.39 is 11.8 Å². The van der Waals surface area contributed by atoms with Crippen LogP contribution in [0.4, 0.5) is 19.3 Å². The molecule has 0 bridgehead atoms. The number of hydrogen-bond acceptors (Lipinski definition) is 5. The highest BCUT2D eigenvalue weighted by Crippen LogP contribution is 2.30. The van der Waals surface area contributed by atoms with Gasteiger partial charge >= 0.3 is 6.03 Å². The minimum absolute atomic E-state index is 0.0958. The summed E-state index contributed by atoms with van der Waals surface area (Å²) in [6.45, 7) is 0.882. The first-order valence-electron chi connectivity index (χ1n) is 10.1. The maximum Gasteiger partial charge on any atom is 0.322 e. The molecule has 9 heteroatoms. The minimum Gasteiger partial charge on any atom is -0.367 e. The lowest BCUT2D eigenvalue weighted by atomic mass is 10.0. The van der Waals surface area contributed by atoms with Gasteiger partial charge in [-0.15, -0.1) is 0 Å². The number of nitrogens with one attached hydrogen (secondary N) is 1. The number of piperidine rings is 1. The number of amides is 2. The second-order valence-electron chi connectivity index (χ2n) is 7.28. The Morgan fingerprint density at radius 1 is 1.13 bits per heavy atom. The largest absolute Gasteiger partial charge is 0.367 e. The van der Waals surface area contributed by atoms with Crippen molar-refractivity contribution >= 4 is 11.7 Å². The maximum absolute atomic E-state index is 13.9. The van der Waals surface area contributed by atoms with Crippen LogP contribution in [0, 0.1) is 11.6 Å². The van der Waals surface area contributed by atoms with Crippen molar-refractivity contribution in [1.82, 2.24) is 15.0 Å². The number of hydrogen-bond donors (Lipinski definition) is 1. The molecule has 0 aliphatic carbocycles. The van der Waals surface area contributed by atoms with Gasteiger partial charge in [-0.3, -0.25) is 0 Å². The zero-order valence-electron chi connectivity index (χ0n) is 16.8. The number of anilines is 1. The van der Waals surface area contributed by atoms with Gasteiger partial charge in [0.15, 0.2) is 5.82 Å². The molecule has 1 atom stereocenters. The number of halogens is 2. The number of ether oxygens (including phenoxy) is 1. The van der Waals surface area contributed by atoms with Gasteiger partial charge in [0.25, 0.3) is 5.89 Å². The number of benzene rings is 2. The van der Waals surface area contributed by atoms with Crippen molar-refractivity contribution in [2.45, 2.75) is 38.5 Å². The number of aromatic nitrogens is 2. The predicted molar refractivity (Wildman–Crippen MR) is 108 cm³/mol. The quantitative estimate of drug-likeness (QED) is 0.609. The van der Waals surface area contributed by atoms with Crippen LogP contribution in [-0.2, 0) is 18.0 Å². The van der Waals surface area contributed by atoms with Gasteiger partial charge in [0.05, 0.1) is 18.3 Å². The number of carbonyl (C=O) groups excluding carboxylic acids is 1. The average molecular weight is 428 g/mol. The van der Waals surface area contributed by atoms with E-state index in [2.05, 4.69) is 15.5 Å². The second-order valence-corrected chi connectivity index (χ2v) is 7.28. The van der Waals surface area contributed by atoms with Crippen LogP contribution in [0.25, 0.3) is 0 Å². The highest BCUT2D eigenvalue weighted by atomic mass is 19.1. The third-order valence-corrected chi connectivity index (χ3v) is 5.07. The molecule has 1 aliphatic rings. The molecule has 2 amide bonds. The summed E-state index contributed by atoms with van der Waals surface area (Å²) in [6.07, 6.45) is 2.44. The molecule has 1 aliphatic heterocycles. The van der Waals surface area contributed by atoms with Gasteiger partial charge < -0.3 is 19.5 Å². The van der Waals surface area contributed by atoms with Gasteiger partial charge in [-0.2, -0.15) is 4.98 Å².